The van der Waals surface area contributed by atoms with Gasteiger partial charge >= 0.3 is 11.9 Å². The Morgan fingerprint density at radius 2 is 1.85 bits per heavy atom. The van der Waals surface area contributed by atoms with E-state index in [0.29, 0.717) is 54.3 Å². The summed E-state index contributed by atoms with van der Waals surface area (Å²) in [5.41, 5.74) is 1.45. The van der Waals surface area contributed by atoms with Gasteiger partial charge in [0.25, 0.3) is 5.56 Å². The number of carbonyl (C=O) groups is 2. The topological polar surface area (TPSA) is 105 Å². The van der Waals surface area contributed by atoms with Gasteiger partial charge in [-0.1, -0.05) is 46.7 Å². The van der Waals surface area contributed by atoms with Crippen LogP contribution in [0, 0.1) is 0 Å². The number of rotatable bonds is 9. The molecule has 0 spiro atoms. The predicted molar refractivity (Wildman–Crippen MR) is 152 cm³/mol. The van der Waals surface area contributed by atoms with Crippen molar-refractivity contribution in [3.8, 4) is 11.5 Å². The van der Waals surface area contributed by atoms with Gasteiger partial charge in [-0.05, 0) is 62.2 Å². The maximum Gasteiger partial charge on any atom is 0.343 e. The number of esters is 2. The van der Waals surface area contributed by atoms with E-state index in [1.807, 2.05) is 0 Å². The molecular weight excluding hydrogens is 579 g/mol. The number of halogens is 2. The summed E-state index contributed by atoms with van der Waals surface area (Å²) in [4.78, 5) is 43.6. The van der Waals surface area contributed by atoms with Gasteiger partial charge in [0.15, 0.2) is 22.9 Å². The first-order chi connectivity index (χ1) is 19.2. The summed E-state index contributed by atoms with van der Waals surface area (Å²) >= 11 is 13.6. The number of carbonyl (C=O) groups excluding carboxylic acids is 2. The van der Waals surface area contributed by atoms with Crippen LogP contribution in [0.15, 0.2) is 57.5 Å². The maximum atomic E-state index is 13.8. The van der Waals surface area contributed by atoms with Crippen molar-refractivity contribution in [2.24, 2.45) is 4.99 Å². The van der Waals surface area contributed by atoms with Gasteiger partial charge in [0.1, 0.15) is 0 Å². The van der Waals surface area contributed by atoms with E-state index < -0.39 is 18.0 Å². The summed E-state index contributed by atoms with van der Waals surface area (Å²) in [6.07, 6.45) is 1.66. The normalized spacial score (nSPS) is 14.8. The summed E-state index contributed by atoms with van der Waals surface area (Å²) in [6, 6.07) is 9.11. The SMILES string of the molecule is CCOC(=O)C1=C(C)N=c2s/c(=C\c3ccc(Cl)cc3Cl)c(=O)n2[C@H]1c1ccc(OCC(=O)OC)c(OCC)c1. The standard InChI is InChI=1S/C28H26Cl2N2O7S/c1-5-37-21-11-17(8-10-20(21)39-14-23(33)36-4)25-24(27(35)38-6-2)15(3)31-28-32(25)26(34)22(40-28)12-16-7-9-18(29)13-19(16)30/h7-13,25H,5-6,14H2,1-4H3/b22-12-/t25-/m0/s1. The summed E-state index contributed by atoms with van der Waals surface area (Å²) in [6.45, 7) is 5.34. The average molecular weight is 605 g/mol. The van der Waals surface area contributed by atoms with E-state index in [9.17, 15) is 14.4 Å². The molecule has 12 heteroatoms. The molecule has 0 N–H and O–H groups in total. The van der Waals surface area contributed by atoms with Crippen LogP contribution in [0.2, 0.25) is 10.0 Å². The molecule has 0 aliphatic carbocycles. The van der Waals surface area contributed by atoms with E-state index in [1.54, 1.807) is 63.2 Å². The van der Waals surface area contributed by atoms with Gasteiger partial charge in [-0.25, -0.2) is 14.6 Å². The number of ether oxygens (including phenoxy) is 4. The summed E-state index contributed by atoms with van der Waals surface area (Å²) < 4.78 is 23.2. The van der Waals surface area contributed by atoms with Crippen molar-refractivity contribution in [1.82, 2.24) is 4.57 Å². The minimum Gasteiger partial charge on any atom is -0.490 e. The Balaban J connectivity index is 1.91. The van der Waals surface area contributed by atoms with E-state index in [-0.39, 0.29) is 24.3 Å². The molecular formula is C28H26Cl2N2O7S. The van der Waals surface area contributed by atoms with Crippen LogP contribution in [0.4, 0.5) is 0 Å². The number of benzene rings is 2. The fourth-order valence-corrected chi connectivity index (χ4v) is 5.65. The largest absolute Gasteiger partial charge is 0.490 e. The van der Waals surface area contributed by atoms with Crippen LogP contribution >= 0.6 is 34.5 Å². The Morgan fingerprint density at radius 3 is 2.52 bits per heavy atom. The van der Waals surface area contributed by atoms with Gasteiger partial charge in [0.2, 0.25) is 0 Å². The molecule has 1 aliphatic heterocycles. The number of hydrogen-bond donors (Lipinski definition) is 0. The lowest BCUT2D eigenvalue weighted by Gasteiger charge is -2.25. The van der Waals surface area contributed by atoms with Gasteiger partial charge in [-0.15, -0.1) is 0 Å². The van der Waals surface area contributed by atoms with Crippen molar-refractivity contribution < 1.29 is 28.5 Å². The quantitative estimate of drug-likeness (QED) is 0.339. The highest BCUT2D eigenvalue weighted by Gasteiger charge is 2.34. The molecule has 210 valence electrons. The molecule has 4 rings (SSSR count). The van der Waals surface area contributed by atoms with Crippen molar-refractivity contribution in [3.63, 3.8) is 0 Å². The molecule has 2 aromatic carbocycles. The second-order valence-corrected chi connectivity index (χ2v) is 10.3. The third-order valence-electron chi connectivity index (χ3n) is 5.92. The number of allylic oxidation sites excluding steroid dienone is 1. The van der Waals surface area contributed by atoms with Crippen LogP contribution in [-0.2, 0) is 19.1 Å². The second-order valence-electron chi connectivity index (χ2n) is 8.47. The third kappa shape index (κ3) is 6.09. The number of fused-ring (bicyclic) bond motifs is 1. The van der Waals surface area contributed by atoms with Gasteiger partial charge < -0.3 is 18.9 Å². The number of hydrogen-bond acceptors (Lipinski definition) is 9. The monoisotopic (exact) mass is 604 g/mol. The molecule has 1 atom stereocenters. The van der Waals surface area contributed by atoms with Gasteiger partial charge in [-0.3, -0.25) is 9.36 Å². The Kier molecular flexibility index (Phi) is 9.34. The van der Waals surface area contributed by atoms with Crippen LogP contribution in [-0.4, -0.2) is 43.4 Å². The van der Waals surface area contributed by atoms with Crippen molar-refractivity contribution >= 4 is 52.6 Å². The van der Waals surface area contributed by atoms with Crippen molar-refractivity contribution in [2.45, 2.75) is 26.8 Å². The fourth-order valence-electron chi connectivity index (χ4n) is 4.14. The lowest BCUT2D eigenvalue weighted by molar-refractivity contribution is -0.143. The predicted octanol–water partition coefficient (Wildman–Crippen LogP) is 4.06. The summed E-state index contributed by atoms with van der Waals surface area (Å²) in [5.74, 6) is -0.508. The van der Waals surface area contributed by atoms with Crippen molar-refractivity contribution in [2.75, 3.05) is 26.9 Å². The number of thiazole rings is 1. The zero-order valence-electron chi connectivity index (χ0n) is 22.2. The third-order valence-corrected chi connectivity index (χ3v) is 7.47. The van der Waals surface area contributed by atoms with E-state index in [1.165, 1.54) is 23.0 Å². The van der Waals surface area contributed by atoms with E-state index in [4.69, 9.17) is 37.4 Å². The van der Waals surface area contributed by atoms with Crippen LogP contribution in [0.3, 0.4) is 0 Å². The second kappa shape index (κ2) is 12.7. The molecule has 0 amide bonds. The molecule has 0 saturated carbocycles. The molecule has 1 aromatic heterocycles. The smallest absolute Gasteiger partial charge is 0.343 e. The molecule has 3 aromatic rings. The molecule has 0 radical (unpaired) electrons. The zero-order chi connectivity index (χ0) is 29.0. The molecule has 40 heavy (non-hydrogen) atoms. The van der Waals surface area contributed by atoms with E-state index >= 15 is 0 Å². The van der Waals surface area contributed by atoms with E-state index in [2.05, 4.69) is 9.73 Å². The highest BCUT2D eigenvalue weighted by Crippen LogP contribution is 2.36. The average Bonchev–Trinajstić information content (AvgIpc) is 3.22. The minimum atomic E-state index is -0.869. The molecule has 2 heterocycles. The zero-order valence-corrected chi connectivity index (χ0v) is 24.5. The fraction of sp³-hybridized carbons (Fsp3) is 0.286. The van der Waals surface area contributed by atoms with Gasteiger partial charge in [0.05, 0.1) is 42.2 Å². The van der Waals surface area contributed by atoms with Crippen LogP contribution in [0.5, 0.6) is 11.5 Å². The minimum absolute atomic E-state index is 0.145. The Morgan fingerprint density at radius 1 is 1.07 bits per heavy atom. The number of nitrogens with zero attached hydrogens (tertiary/aromatic N) is 2. The first-order valence-corrected chi connectivity index (χ1v) is 13.9. The van der Waals surface area contributed by atoms with E-state index in [0.717, 1.165) is 0 Å². The lowest BCUT2D eigenvalue weighted by atomic mass is 9.95. The highest BCUT2D eigenvalue weighted by atomic mass is 35.5. The summed E-state index contributed by atoms with van der Waals surface area (Å²) in [5, 5.41) is 0.865. The van der Waals surface area contributed by atoms with Crippen LogP contribution in [0.25, 0.3) is 6.08 Å². The van der Waals surface area contributed by atoms with Crippen molar-refractivity contribution in [3.05, 3.63) is 88.5 Å². The lowest BCUT2D eigenvalue weighted by Crippen LogP contribution is -2.40. The molecule has 0 bridgehead atoms. The Bertz CT molecular complexity index is 1680. The summed E-state index contributed by atoms with van der Waals surface area (Å²) in [7, 11) is 1.26. The molecule has 0 unspecified atom stereocenters. The molecule has 1 aliphatic rings. The van der Waals surface area contributed by atoms with Crippen molar-refractivity contribution in [1.29, 1.82) is 0 Å². The first kappa shape index (κ1) is 29.4. The van der Waals surface area contributed by atoms with Gasteiger partial charge in [-0.2, -0.15) is 0 Å². The van der Waals surface area contributed by atoms with Gasteiger partial charge in [0, 0.05) is 10.0 Å². The van der Waals surface area contributed by atoms with Crippen LogP contribution in [0.1, 0.15) is 37.9 Å². The molecule has 0 fully saturated rings. The molecule has 9 nitrogen and oxygen atoms in total. The maximum absolute atomic E-state index is 13.8. The number of aromatic nitrogens is 1. The number of methoxy groups -OCH3 is 1. The Labute approximate surface area is 243 Å². The highest BCUT2D eigenvalue weighted by molar-refractivity contribution is 7.07. The molecule has 0 saturated heterocycles. The first-order valence-electron chi connectivity index (χ1n) is 12.3. The van der Waals surface area contributed by atoms with Crippen LogP contribution < -0.4 is 24.4 Å². The Hall–Kier alpha value is -3.60.